The molecule has 0 fully saturated rings. The lowest BCUT2D eigenvalue weighted by molar-refractivity contribution is 0.675. The highest BCUT2D eigenvalue weighted by molar-refractivity contribution is 5.49. The number of hydrogen-bond acceptors (Lipinski definition) is 4. The van der Waals surface area contributed by atoms with Crippen LogP contribution < -0.4 is 5.32 Å². The molecule has 0 amide bonds. The lowest BCUT2D eigenvalue weighted by Crippen LogP contribution is -2.14. The molecular weight excluding hydrogens is 262 g/mol. The molecule has 1 aromatic carbocycles. The van der Waals surface area contributed by atoms with Crippen LogP contribution in [-0.2, 0) is 6.54 Å². The summed E-state index contributed by atoms with van der Waals surface area (Å²) in [6.45, 7) is 5.85. The van der Waals surface area contributed by atoms with Gasteiger partial charge in [-0.05, 0) is 37.1 Å². The topological polar surface area (TPSA) is 77.4 Å². The molecule has 0 spiro atoms. The maximum absolute atomic E-state index is 9.24. The molecular formula is C16H17N5. The molecule has 5 nitrogen and oxygen atoms in total. The molecule has 2 rings (SSSR count). The van der Waals surface area contributed by atoms with Crippen molar-refractivity contribution in [1.82, 2.24) is 14.9 Å². The Morgan fingerprint density at radius 3 is 2.76 bits per heavy atom. The van der Waals surface area contributed by atoms with Crippen molar-refractivity contribution in [1.29, 1.82) is 10.5 Å². The fourth-order valence-corrected chi connectivity index (χ4v) is 2.15. The van der Waals surface area contributed by atoms with Crippen LogP contribution >= 0.6 is 0 Å². The van der Waals surface area contributed by atoms with Crippen LogP contribution in [0.2, 0.25) is 0 Å². The van der Waals surface area contributed by atoms with E-state index < -0.39 is 0 Å². The molecule has 21 heavy (non-hydrogen) atoms. The van der Waals surface area contributed by atoms with Crippen molar-refractivity contribution in [3.05, 3.63) is 47.0 Å². The second-order valence-electron chi connectivity index (χ2n) is 4.83. The summed E-state index contributed by atoms with van der Waals surface area (Å²) in [5, 5.41) is 21.6. The Morgan fingerprint density at radius 1 is 1.29 bits per heavy atom. The van der Waals surface area contributed by atoms with E-state index in [4.69, 9.17) is 5.26 Å². The van der Waals surface area contributed by atoms with Gasteiger partial charge >= 0.3 is 0 Å². The Morgan fingerprint density at radius 2 is 2.10 bits per heavy atom. The molecule has 0 unspecified atom stereocenters. The van der Waals surface area contributed by atoms with E-state index in [0.717, 1.165) is 36.3 Å². The highest BCUT2D eigenvalue weighted by atomic mass is 15.1. The monoisotopic (exact) mass is 279 g/mol. The SMILES string of the molecule is CCCNCc1ccc(C)c(-n2cnc(C#N)c2C#N)c1. The first-order chi connectivity index (χ1) is 10.2. The summed E-state index contributed by atoms with van der Waals surface area (Å²) in [5.74, 6) is 0. The predicted molar refractivity (Wildman–Crippen MR) is 79.7 cm³/mol. The molecule has 0 aliphatic carbocycles. The smallest absolute Gasteiger partial charge is 0.177 e. The lowest BCUT2D eigenvalue weighted by Gasteiger charge is -2.11. The van der Waals surface area contributed by atoms with E-state index in [1.165, 1.54) is 6.33 Å². The van der Waals surface area contributed by atoms with Gasteiger partial charge < -0.3 is 5.32 Å². The van der Waals surface area contributed by atoms with E-state index in [1.807, 2.05) is 25.1 Å². The summed E-state index contributed by atoms with van der Waals surface area (Å²) in [6, 6.07) is 10.1. The molecule has 0 saturated heterocycles. The molecule has 5 heteroatoms. The van der Waals surface area contributed by atoms with Crippen molar-refractivity contribution in [3.8, 4) is 17.8 Å². The van der Waals surface area contributed by atoms with E-state index in [-0.39, 0.29) is 11.4 Å². The van der Waals surface area contributed by atoms with Crippen LogP contribution in [0.15, 0.2) is 24.5 Å². The average Bonchev–Trinajstić information content (AvgIpc) is 2.91. The number of nitrogens with zero attached hydrogens (tertiary/aromatic N) is 4. The van der Waals surface area contributed by atoms with Gasteiger partial charge in [0, 0.05) is 6.54 Å². The zero-order chi connectivity index (χ0) is 15.2. The molecule has 1 N–H and O–H groups in total. The van der Waals surface area contributed by atoms with Crippen molar-refractivity contribution in [2.24, 2.45) is 0 Å². The Bertz CT molecular complexity index is 715. The molecule has 0 aliphatic rings. The van der Waals surface area contributed by atoms with Crippen LogP contribution in [0, 0.1) is 29.6 Å². The van der Waals surface area contributed by atoms with Crippen molar-refractivity contribution in [2.45, 2.75) is 26.8 Å². The van der Waals surface area contributed by atoms with Crippen LogP contribution in [0.1, 0.15) is 35.9 Å². The quantitative estimate of drug-likeness (QED) is 0.853. The molecule has 0 atom stereocenters. The van der Waals surface area contributed by atoms with Gasteiger partial charge in [0.1, 0.15) is 18.5 Å². The molecule has 0 saturated carbocycles. The molecule has 0 aliphatic heterocycles. The van der Waals surface area contributed by atoms with Gasteiger partial charge in [0.05, 0.1) is 5.69 Å². The Labute approximate surface area is 124 Å². The van der Waals surface area contributed by atoms with Gasteiger partial charge in [-0.3, -0.25) is 4.57 Å². The zero-order valence-corrected chi connectivity index (χ0v) is 12.2. The van der Waals surface area contributed by atoms with E-state index in [1.54, 1.807) is 4.57 Å². The van der Waals surface area contributed by atoms with E-state index in [0.29, 0.717) is 0 Å². The summed E-state index contributed by atoms with van der Waals surface area (Å²) >= 11 is 0. The van der Waals surface area contributed by atoms with Gasteiger partial charge in [0.25, 0.3) is 0 Å². The number of nitrogens with one attached hydrogen (secondary N) is 1. The predicted octanol–water partition coefficient (Wildman–Crippen LogP) is 2.42. The Kier molecular flexibility index (Phi) is 4.71. The van der Waals surface area contributed by atoms with Crippen LogP contribution in [-0.4, -0.2) is 16.1 Å². The number of imidazole rings is 1. The van der Waals surface area contributed by atoms with Crippen molar-refractivity contribution in [3.63, 3.8) is 0 Å². The van der Waals surface area contributed by atoms with Gasteiger partial charge in [-0.25, -0.2) is 4.98 Å². The number of nitriles is 2. The molecule has 2 aromatic rings. The van der Waals surface area contributed by atoms with Gasteiger partial charge in [0.2, 0.25) is 0 Å². The van der Waals surface area contributed by atoms with E-state index in [9.17, 15) is 5.26 Å². The fourth-order valence-electron chi connectivity index (χ4n) is 2.15. The highest BCUT2D eigenvalue weighted by Crippen LogP contribution is 2.19. The van der Waals surface area contributed by atoms with Crippen LogP contribution in [0.3, 0.4) is 0 Å². The van der Waals surface area contributed by atoms with Crippen molar-refractivity contribution >= 4 is 0 Å². The van der Waals surface area contributed by atoms with Gasteiger partial charge in [-0.15, -0.1) is 0 Å². The third-order valence-corrected chi connectivity index (χ3v) is 3.27. The van der Waals surface area contributed by atoms with Crippen LogP contribution in [0.5, 0.6) is 0 Å². The summed E-state index contributed by atoms with van der Waals surface area (Å²) < 4.78 is 1.68. The largest absolute Gasteiger partial charge is 0.313 e. The first kappa shape index (κ1) is 14.8. The summed E-state index contributed by atoms with van der Waals surface area (Å²) in [5.41, 5.74) is 3.50. The van der Waals surface area contributed by atoms with E-state index >= 15 is 0 Å². The van der Waals surface area contributed by atoms with Gasteiger partial charge in [0.15, 0.2) is 11.4 Å². The lowest BCUT2D eigenvalue weighted by atomic mass is 10.1. The molecule has 1 aromatic heterocycles. The zero-order valence-electron chi connectivity index (χ0n) is 12.2. The standard InChI is InChI=1S/C16H17N5/c1-3-6-19-10-13-5-4-12(2)15(7-13)21-11-20-14(8-17)16(21)9-18/h4-5,7,11,19H,3,6,10H2,1-2H3. The summed E-state index contributed by atoms with van der Waals surface area (Å²) in [7, 11) is 0. The first-order valence-corrected chi connectivity index (χ1v) is 6.89. The average molecular weight is 279 g/mol. The third-order valence-electron chi connectivity index (χ3n) is 3.27. The Hall–Kier alpha value is -2.63. The number of aryl methyl sites for hydroxylation is 1. The second-order valence-corrected chi connectivity index (χ2v) is 4.83. The molecule has 0 radical (unpaired) electrons. The second kappa shape index (κ2) is 6.69. The fraction of sp³-hybridized carbons (Fsp3) is 0.312. The van der Waals surface area contributed by atoms with Crippen molar-refractivity contribution in [2.75, 3.05) is 6.54 Å². The Balaban J connectivity index is 2.40. The maximum Gasteiger partial charge on any atom is 0.177 e. The van der Waals surface area contributed by atoms with Gasteiger partial charge in [-0.1, -0.05) is 19.1 Å². The number of hydrogen-bond donors (Lipinski definition) is 1. The number of aromatic nitrogens is 2. The summed E-state index contributed by atoms with van der Waals surface area (Å²) in [6.07, 6.45) is 2.62. The minimum absolute atomic E-state index is 0.159. The minimum Gasteiger partial charge on any atom is -0.313 e. The van der Waals surface area contributed by atoms with Gasteiger partial charge in [-0.2, -0.15) is 10.5 Å². The number of rotatable bonds is 5. The number of benzene rings is 1. The van der Waals surface area contributed by atoms with Crippen LogP contribution in [0.4, 0.5) is 0 Å². The highest BCUT2D eigenvalue weighted by Gasteiger charge is 2.13. The molecule has 106 valence electrons. The maximum atomic E-state index is 9.24. The van der Waals surface area contributed by atoms with Crippen LogP contribution in [0.25, 0.3) is 5.69 Å². The minimum atomic E-state index is 0.159. The first-order valence-electron chi connectivity index (χ1n) is 6.89. The third kappa shape index (κ3) is 3.10. The van der Waals surface area contributed by atoms with E-state index in [2.05, 4.69) is 29.4 Å². The molecule has 0 bridgehead atoms. The van der Waals surface area contributed by atoms with Crippen molar-refractivity contribution < 1.29 is 0 Å². The molecule has 1 heterocycles. The summed E-state index contributed by atoms with van der Waals surface area (Å²) in [4.78, 5) is 3.99. The normalized spacial score (nSPS) is 10.1.